The van der Waals surface area contributed by atoms with Crippen LogP contribution in [0.5, 0.6) is 0 Å². The van der Waals surface area contributed by atoms with E-state index in [-0.39, 0.29) is 17.5 Å². The summed E-state index contributed by atoms with van der Waals surface area (Å²) in [6, 6.07) is 0. The Bertz CT molecular complexity index is 375. The molecule has 3 aliphatic carbocycles. The minimum atomic E-state index is -4.55. The molecule has 1 atom stereocenters. The van der Waals surface area contributed by atoms with Gasteiger partial charge in [0, 0.05) is 0 Å². The monoisotopic (exact) mass is 343 g/mol. The molecule has 2 nitrogen and oxygen atoms in total. The maximum atomic E-state index is 15.2. The molecule has 0 heterocycles. The van der Waals surface area contributed by atoms with Crippen LogP contribution in [0.4, 0.5) is 4.20 Å². The van der Waals surface area contributed by atoms with Crippen molar-refractivity contribution in [3.8, 4) is 0 Å². The SMILES string of the molecule is O=P(O)(F)[B-](C1CCCCC1)(C1CCCCC1)C1CCCCC1. The lowest BCUT2D eigenvalue weighted by atomic mass is 9.22. The van der Waals surface area contributed by atoms with Gasteiger partial charge in [-0.15, -0.1) is 0 Å². The molecule has 23 heavy (non-hydrogen) atoms. The molecule has 3 rings (SSSR count). The van der Waals surface area contributed by atoms with E-state index in [4.69, 9.17) is 0 Å². The van der Waals surface area contributed by atoms with Crippen LogP contribution in [0.3, 0.4) is 0 Å². The first-order valence-corrected chi connectivity index (χ1v) is 11.9. The molecule has 0 aromatic carbocycles. The maximum Gasteiger partial charge on any atom is 0.200 e. The van der Waals surface area contributed by atoms with Gasteiger partial charge in [0.15, 0.2) is 0 Å². The fourth-order valence-electron chi connectivity index (χ4n) is 6.94. The number of hydrogen-bond donors (Lipinski definition) is 1. The van der Waals surface area contributed by atoms with Crippen molar-refractivity contribution in [2.24, 2.45) is 0 Å². The number of halogens is 1. The molecule has 134 valence electrons. The average Bonchev–Trinajstić information content (AvgIpc) is 2.57. The lowest BCUT2D eigenvalue weighted by Gasteiger charge is -2.58. The van der Waals surface area contributed by atoms with E-state index in [1.807, 2.05) is 0 Å². The van der Waals surface area contributed by atoms with Crippen molar-refractivity contribution in [2.75, 3.05) is 0 Å². The van der Waals surface area contributed by atoms with Gasteiger partial charge >= 0.3 is 0 Å². The van der Waals surface area contributed by atoms with Crippen LogP contribution in [0, 0.1) is 0 Å². The van der Waals surface area contributed by atoms with Gasteiger partial charge in [-0.25, -0.2) is 4.20 Å². The van der Waals surface area contributed by atoms with E-state index < -0.39 is 13.4 Å². The third-order valence-electron chi connectivity index (χ3n) is 7.77. The van der Waals surface area contributed by atoms with E-state index in [2.05, 4.69) is 0 Å². The molecule has 0 bridgehead atoms. The Morgan fingerprint density at radius 2 is 0.913 bits per heavy atom. The molecule has 0 radical (unpaired) electrons. The lowest BCUT2D eigenvalue weighted by molar-refractivity contribution is 0.399. The minimum absolute atomic E-state index is 0.204. The predicted molar refractivity (Wildman–Crippen MR) is 97.2 cm³/mol. The summed E-state index contributed by atoms with van der Waals surface area (Å²) >= 11 is 0. The second kappa shape index (κ2) is 7.60. The van der Waals surface area contributed by atoms with E-state index >= 15 is 4.20 Å². The summed E-state index contributed by atoms with van der Waals surface area (Å²) in [6.07, 6.45) is 16.5. The van der Waals surface area contributed by atoms with Gasteiger partial charge in [0.25, 0.3) is 0 Å². The van der Waals surface area contributed by atoms with E-state index in [0.29, 0.717) is 0 Å². The Morgan fingerprint density at radius 1 is 0.652 bits per heavy atom. The zero-order valence-electron chi connectivity index (χ0n) is 14.6. The second-order valence-corrected chi connectivity index (χ2v) is 10.7. The van der Waals surface area contributed by atoms with Gasteiger partial charge < -0.3 is 9.46 Å². The van der Waals surface area contributed by atoms with Gasteiger partial charge in [0.2, 0.25) is 7.56 Å². The van der Waals surface area contributed by atoms with Gasteiger partial charge in [0.1, 0.15) is 5.87 Å². The second-order valence-electron chi connectivity index (χ2n) is 8.76. The molecule has 5 heteroatoms. The summed E-state index contributed by atoms with van der Waals surface area (Å²) in [5.74, 6) is -1.17. The maximum absolute atomic E-state index is 15.2. The smallest absolute Gasteiger partial charge is 0.200 e. The summed E-state index contributed by atoms with van der Waals surface area (Å²) in [6.45, 7) is 0. The molecular weight excluding hydrogens is 309 g/mol. The molecule has 3 fully saturated rings. The van der Waals surface area contributed by atoms with Crippen molar-refractivity contribution in [1.29, 1.82) is 0 Å². The van der Waals surface area contributed by atoms with Crippen LogP contribution in [0.15, 0.2) is 0 Å². The number of rotatable bonds is 4. The Hall–Kier alpha value is 0.185. The van der Waals surface area contributed by atoms with Gasteiger partial charge in [-0.1, -0.05) is 96.3 Å². The van der Waals surface area contributed by atoms with Crippen LogP contribution in [0.2, 0.25) is 17.5 Å². The molecule has 0 saturated heterocycles. The Kier molecular flexibility index (Phi) is 5.95. The molecule has 3 aliphatic rings. The van der Waals surface area contributed by atoms with Crippen LogP contribution in [-0.2, 0) is 4.57 Å². The molecule has 0 amide bonds. The highest BCUT2D eigenvalue weighted by molar-refractivity contribution is 7.92. The van der Waals surface area contributed by atoms with Crippen LogP contribution in [-0.4, -0.2) is 10.8 Å². The fourth-order valence-corrected chi connectivity index (χ4v) is 9.39. The molecule has 0 aromatic heterocycles. The molecule has 1 N–H and O–H groups in total. The van der Waals surface area contributed by atoms with Gasteiger partial charge in [-0.3, -0.25) is 0 Å². The molecule has 3 saturated carbocycles. The topological polar surface area (TPSA) is 37.3 Å². The highest BCUT2D eigenvalue weighted by Crippen LogP contribution is 2.73. The lowest BCUT2D eigenvalue weighted by Crippen LogP contribution is -2.50. The zero-order valence-corrected chi connectivity index (χ0v) is 15.5. The van der Waals surface area contributed by atoms with E-state index in [9.17, 15) is 9.46 Å². The quantitative estimate of drug-likeness (QED) is 0.437. The van der Waals surface area contributed by atoms with Crippen molar-refractivity contribution in [3.63, 3.8) is 0 Å². The Morgan fingerprint density at radius 3 is 1.13 bits per heavy atom. The summed E-state index contributed by atoms with van der Waals surface area (Å²) in [5, 5.41) is 0. The van der Waals surface area contributed by atoms with E-state index in [1.54, 1.807) is 0 Å². The Balaban J connectivity index is 2.01. The molecule has 0 aromatic rings. The zero-order chi connectivity index (χ0) is 16.3. The third-order valence-corrected chi connectivity index (χ3v) is 10.1. The van der Waals surface area contributed by atoms with Crippen molar-refractivity contribution in [3.05, 3.63) is 0 Å². The standard InChI is InChI=1S/C18H34BFO2P/c20-23(21,22)19(16-10-4-1-5-11-16,17-12-6-2-7-13-17)18-14-8-3-9-15-18/h16-18H,1-15H2,(H,21,22)/q-1. The summed E-state index contributed by atoms with van der Waals surface area (Å²) in [5.41, 5.74) is 0. The van der Waals surface area contributed by atoms with Gasteiger partial charge in [-0.05, 0) is 0 Å². The van der Waals surface area contributed by atoms with Crippen LogP contribution in [0.25, 0.3) is 0 Å². The van der Waals surface area contributed by atoms with Crippen molar-refractivity contribution in [2.45, 2.75) is 114 Å². The first-order valence-electron chi connectivity index (χ1n) is 10.3. The summed E-state index contributed by atoms with van der Waals surface area (Å²) in [7, 11) is -4.55. The summed E-state index contributed by atoms with van der Waals surface area (Å²) < 4.78 is 28.1. The van der Waals surface area contributed by atoms with Crippen molar-refractivity contribution < 1.29 is 13.7 Å². The molecular formula is C18H34BFO2P-. The average molecular weight is 343 g/mol. The molecule has 0 spiro atoms. The highest BCUT2D eigenvalue weighted by Gasteiger charge is 2.56. The summed E-state index contributed by atoms with van der Waals surface area (Å²) in [4.78, 5) is 10.5. The largest absolute Gasteiger partial charge is 0.350 e. The van der Waals surface area contributed by atoms with E-state index in [0.717, 1.165) is 77.0 Å². The van der Waals surface area contributed by atoms with Crippen LogP contribution in [0.1, 0.15) is 96.3 Å². The van der Waals surface area contributed by atoms with Gasteiger partial charge in [0.05, 0.1) is 0 Å². The molecule has 1 unspecified atom stereocenters. The fraction of sp³-hybridized carbons (Fsp3) is 1.00. The highest BCUT2D eigenvalue weighted by atomic mass is 31.2. The third kappa shape index (κ3) is 3.45. The first-order chi connectivity index (χ1) is 11.1. The van der Waals surface area contributed by atoms with Gasteiger partial charge in [-0.2, -0.15) is 17.5 Å². The minimum Gasteiger partial charge on any atom is -0.350 e. The van der Waals surface area contributed by atoms with Crippen molar-refractivity contribution >= 4 is 13.4 Å². The normalized spacial score (nSPS) is 29.3. The van der Waals surface area contributed by atoms with Crippen molar-refractivity contribution in [1.82, 2.24) is 0 Å². The molecule has 0 aliphatic heterocycles. The predicted octanol–water partition coefficient (Wildman–Crippen LogP) is 7.09. The van der Waals surface area contributed by atoms with Crippen LogP contribution < -0.4 is 0 Å². The van der Waals surface area contributed by atoms with E-state index in [1.165, 1.54) is 19.3 Å². The first kappa shape index (κ1) is 18.0. The van der Waals surface area contributed by atoms with Crippen LogP contribution >= 0.6 is 7.56 Å². The Labute approximate surface area is 141 Å². The number of hydrogen-bond acceptors (Lipinski definition) is 1.